The van der Waals surface area contributed by atoms with Crippen LogP contribution in [-0.4, -0.2) is 5.78 Å². The molecule has 1 atom stereocenters. The van der Waals surface area contributed by atoms with Gasteiger partial charge in [-0.15, -0.1) is 0 Å². The lowest BCUT2D eigenvalue weighted by Gasteiger charge is -1.89. The fraction of sp³-hybridized carbons (Fsp3) is 0.625. The van der Waals surface area contributed by atoms with E-state index in [9.17, 15) is 4.79 Å². The molecule has 0 heterocycles. The summed E-state index contributed by atoms with van der Waals surface area (Å²) in [6, 6.07) is 0. The largest absolute Gasteiger partial charge is 0.298 e. The Morgan fingerprint density at radius 1 is 1.56 bits per heavy atom. The van der Waals surface area contributed by atoms with Gasteiger partial charge in [0.2, 0.25) is 0 Å². The fourth-order valence-electron chi connectivity index (χ4n) is 1.06. The Labute approximate surface area is 55.8 Å². The highest BCUT2D eigenvalue weighted by Crippen LogP contribution is 2.47. The van der Waals surface area contributed by atoms with E-state index in [0.29, 0.717) is 5.78 Å². The summed E-state index contributed by atoms with van der Waals surface area (Å²) in [5.41, 5.74) is -0.0491. The van der Waals surface area contributed by atoms with E-state index >= 15 is 0 Å². The number of rotatable bonds is 1. The number of carbonyl (C=O) groups excluding carboxylic acids is 1. The molecule has 1 rings (SSSR count). The normalized spacial score (nSPS) is 31.4. The van der Waals surface area contributed by atoms with Gasteiger partial charge >= 0.3 is 0 Å². The summed E-state index contributed by atoms with van der Waals surface area (Å²) >= 11 is 0. The number of allylic oxidation sites excluding steroid dienone is 2. The van der Waals surface area contributed by atoms with E-state index in [4.69, 9.17) is 0 Å². The van der Waals surface area contributed by atoms with Gasteiger partial charge < -0.3 is 0 Å². The Hall–Kier alpha value is -0.590. The minimum absolute atomic E-state index is 0.0491. The first kappa shape index (κ1) is 6.53. The molecule has 0 radical (unpaired) electrons. The minimum Gasteiger partial charge on any atom is -0.298 e. The van der Waals surface area contributed by atoms with Crippen LogP contribution in [0, 0.1) is 11.3 Å². The predicted molar refractivity (Wildman–Crippen MR) is 37.1 cm³/mol. The van der Waals surface area contributed by atoms with E-state index in [0.717, 1.165) is 0 Å². The lowest BCUT2D eigenvalue weighted by Crippen LogP contribution is -1.87. The highest BCUT2D eigenvalue weighted by Gasteiger charge is 2.55. The van der Waals surface area contributed by atoms with Crippen molar-refractivity contribution in [3.05, 3.63) is 12.2 Å². The van der Waals surface area contributed by atoms with E-state index in [2.05, 4.69) is 0 Å². The summed E-state index contributed by atoms with van der Waals surface area (Å²) in [7, 11) is 0. The van der Waals surface area contributed by atoms with Crippen molar-refractivity contribution >= 4 is 5.78 Å². The third kappa shape index (κ3) is 0.805. The standard InChI is InChI=1S/C8H12O/c1-4-5-6-7(9)8(6,2)3/h4-6H,1-3H3/b5-4+. The van der Waals surface area contributed by atoms with Gasteiger partial charge in [-0.2, -0.15) is 0 Å². The topological polar surface area (TPSA) is 17.1 Å². The van der Waals surface area contributed by atoms with E-state index in [1.54, 1.807) is 0 Å². The third-order valence-electron chi connectivity index (χ3n) is 2.00. The van der Waals surface area contributed by atoms with Crippen LogP contribution >= 0.6 is 0 Å². The van der Waals surface area contributed by atoms with Crippen LogP contribution in [0.15, 0.2) is 12.2 Å². The number of ketones is 1. The molecule has 0 N–H and O–H groups in total. The first-order valence-electron chi connectivity index (χ1n) is 3.28. The molecule has 1 saturated carbocycles. The molecule has 0 spiro atoms. The maximum Gasteiger partial charge on any atom is 0.147 e. The molecule has 0 aromatic heterocycles. The second-order valence-corrected chi connectivity index (χ2v) is 3.09. The van der Waals surface area contributed by atoms with E-state index in [1.165, 1.54) is 0 Å². The highest BCUT2D eigenvalue weighted by atomic mass is 16.1. The average molecular weight is 124 g/mol. The second-order valence-electron chi connectivity index (χ2n) is 3.09. The van der Waals surface area contributed by atoms with E-state index in [1.807, 2.05) is 32.9 Å². The van der Waals surface area contributed by atoms with Crippen LogP contribution in [0.2, 0.25) is 0 Å². The number of hydrogen-bond acceptors (Lipinski definition) is 1. The maximum atomic E-state index is 10.9. The molecule has 0 bridgehead atoms. The molecule has 0 aliphatic heterocycles. The summed E-state index contributed by atoms with van der Waals surface area (Å²) in [5.74, 6) is 0.586. The molecule has 1 heteroatoms. The average Bonchev–Trinajstić information content (AvgIpc) is 2.19. The van der Waals surface area contributed by atoms with Crippen LogP contribution in [0.25, 0.3) is 0 Å². The summed E-state index contributed by atoms with van der Waals surface area (Å²) in [4.78, 5) is 10.9. The van der Waals surface area contributed by atoms with Crippen molar-refractivity contribution in [2.75, 3.05) is 0 Å². The molecule has 1 unspecified atom stereocenters. The van der Waals surface area contributed by atoms with Crippen LogP contribution in [-0.2, 0) is 4.79 Å². The Balaban J connectivity index is 2.63. The SMILES string of the molecule is C/C=C/C1C(=O)C1(C)C. The zero-order chi connectivity index (χ0) is 7.07. The predicted octanol–water partition coefficient (Wildman–Crippen LogP) is 1.79. The maximum absolute atomic E-state index is 10.9. The van der Waals surface area contributed by atoms with Gasteiger partial charge in [0.15, 0.2) is 0 Å². The third-order valence-corrected chi connectivity index (χ3v) is 2.00. The van der Waals surface area contributed by atoms with Crippen LogP contribution in [0.4, 0.5) is 0 Å². The molecular formula is C8H12O. The molecule has 0 amide bonds. The van der Waals surface area contributed by atoms with Gasteiger partial charge in [-0.1, -0.05) is 26.0 Å². The monoisotopic (exact) mass is 124 g/mol. The first-order valence-corrected chi connectivity index (χ1v) is 3.28. The number of Topliss-reactive ketones (excluding diaryl/α,β-unsaturated/α-hetero) is 1. The summed E-state index contributed by atoms with van der Waals surface area (Å²) in [6.07, 6.45) is 3.92. The van der Waals surface area contributed by atoms with Gasteiger partial charge in [-0.3, -0.25) is 4.79 Å². The van der Waals surface area contributed by atoms with Gasteiger partial charge in [0.1, 0.15) is 5.78 Å². The van der Waals surface area contributed by atoms with E-state index in [-0.39, 0.29) is 11.3 Å². The zero-order valence-corrected chi connectivity index (χ0v) is 6.14. The molecule has 50 valence electrons. The van der Waals surface area contributed by atoms with Crippen molar-refractivity contribution in [2.45, 2.75) is 20.8 Å². The number of hydrogen-bond donors (Lipinski definition) is 0. The van der Waals surface area contributed by atoms with Crippen LogP contribution in [0.1, 0.15) is 20.8 Å². The molecule has 0 aromatic rings. The van der Waals surface area contributed by atoms with Crippen LogP contribution in [0.3, 0.4) is 0 Å². The van der Waals surface area contributed by atoms with Crippen LogP contribution < -0.4 is 0 Å². The summed E-state index contributed by atoms with van der Waals surface area (Å²) in [5, 5.41) is 0. The molecule has 1 aliphatic rings. The Morgan fingerprint density at radius 3 is 2.11 bits per heavy atom. The zero-order valence-electron chi connectivity index (χ0n) is 6.14. The van der Waals surface area contributed by atoms with E-state index < -0.39 is 0 Å². The Kier molecular flexibility index (Phi) is 1.23. The van der Waals surface area contributed by atoms with Gasteiger partial charge in [0, 0.05) is 11.3 Å². The molecule has 0 saturated heterocycles. The number of carbonyl (C=O) groups is 1. The van der Waals surface area contributed by atoms with Crippen molar-refractivity contribution in [3.63, 3.8) is 0 Å². The first-order chi connectivity index (χ1) is 4.10. The van der Waals surface area contributed by atoms with Crippen molar-refractivity contribution in [2.24, 2.45) is 11.3 Å². The smallest absolute Gasteiger partial charge is 0.147 e. The molecule has 1 aliphatic carbocycles. The van der Waals surface area contributed by atoms with Crippen molar-refractivity contribution in [1.82, 2.24) is 0 Å². The van der Waals surface area contributed by atoms with Crippen molar-refractivity contribution < 1.29 is 4.79 Å². The molecule has 1 fully saturated rings. The Morgan fingerprint density at radius 2 is 2.00 bits per heavy atom. The summed E-state index contributed by atoms with van der Waals surface area (Å²) < 4.78 is 0. The second kappa shape index (κ2) is 1.69. The van der Waals surface area contributed by atoms with Crippen molar-refractivity contribution in [1.29, 1.82) is 0 Å². The van der Waals surface area contributed by atoms with Crippen LogP contribution in [0.5, 0.6) is 0 Å². The van der Waals surface area contributed by atoms with Gasteiger partial charge in [0.05, 0.1) is 0 Å². The molecule has 0 aromatic carbocycles. The van der Waals surface area contributed by atoms with Gasteiger partial charge in [0.25, 0.3) is 0 Å². The molecular weight excluding hydrogens is 112 g/mol. The Bertz CT molecular complexity index is 165. The highest BCUT2D eigenvalue weighted by molar-refractivity contribution is 6.04. The van der Waals surface area contributed by atoms with Gasteiger partial charge in [-0.05, 0) is 6.92 Å². The lowest BCUT2D eigenvalue weighted by molar-refractivity contribution is -0.112. The quantitative estimate of drug-likeness (QED) is 0.487. The minimum atomic E-state index is -0.0491. The summed E-state index contributed by atoms with van der Waals surface area (Å²) in [6.45, 7) is 5.92. The van der Waals surface area contributed by atoms with Gasteiger partial charge in [-0.25, -0.2) is 0 Å². The van der Waals surface area contributed by atoms with Crippen molar-refractivity contribution in [3.8, 4) is 0 Å². The fourth-order valence-corrected chi connectivity index (χ4v) is 1.06. The molecule has 1 nitrogen and oxygen atoms in total. The lowest BCUT2D eigenvalue weighted by atomic mass is 10.1. The molecule has 9 heavy (non-hydrogen) atoms.